The Bertz CT molecular complexity index is 1120. The van der Waals surface area contributed by atoms with Crippen LogP contribution in [0.1, 0.15) is 65.2 Å². The molecule has 0 bridgehead atoms. The summed E-state index contributed by atoms with van der Waals surface area (Å²) in [5, 5.41) is 11.3. The molecule has 1 atom stereocenters. The summed E-state index contributed by atoms with van der Waals surface area (Å²) in [4.78, 5) is 44.3. The van der Waals surface area contributed by atoms with Crippen molar-refractivity contribution in [1.29, 1.82) is 0 Å². The molecule has 4 rings (SSSR count). The van der Waals surface area contributed by atoms with Gasteiger partial charge in [0.15, 0.2) is 0 Å². The minimum Gasteiger partial charge on any atom is -0.474 e. The van der Waals surface area contributed by atoms with Gasteiger partial charge in [0.05, 0.1) is 32.5 Å². The molecule has 1 saturated heterocycles. The number of allylic oxidation sites excluding steroid dienone is 1. The number of likely N-dealkylation sites (tertiary alicyclic amines) is 1. The van der Waals surface area contributed by atoms with Crippen LogP contribution in [0.3, 0.4) is 0 Å². The summed E-state index contributed by atoms with van der Waals surface area (Å²) in [5.41, 5.74) is 0.712. The Kier molecular flexibility index (Phi) is 19.0. The summed E-state index contributed by atoms with van der Waals surface area (Å²) in [5.74, 6) is 0.211. The van der Waals surface area contributed by atoms with Crippen LogP contribution in [-0.4, -0.2) is 116 Å². The third-order valence-electron chi connectivity index (χ3n) is 8.45. The quantitative estimate of drug-likeness (QED) is 0.0984. The Labute approximate surface area is 289 Å². The predicted molar refractivity (Wildman–Crippen MR) is 186 cm³/mol. The fourth-order valence-corrected chi connectivity index (χ4v) is 5.98. The normalized spacial score (nSPS) is 17.7. The van der Waals surface area contributed by atoms with Crippen LogP contribution in [0.15, 0.2) is 47.1 Å². The average molecular weight is 724 g/mol. The largest absolute Gasteiger partial charge is 0.474 e. The van der Waals surface area contributed by atoms with Crippen molar-refractivity contribution in [3.8, 4) is 5.88 Å². The van der Waals surface area contributed by atoms with Gasteiger partial charge in [0.2, 0.25) is 17.7 Å². The van der Waals surface area contributed by atoms with Gasteiger partial charge in [-0.1, -0.05) is 26.0 Å². The molecule has 2 amide bonds. The number of aromatic nitrogens is 1. The van der Waals surface area contributed by atoms with Gasteiger partial charge in [-0.15, -0.1) is 6.58 Å². The molecule has 1 unspecified atom stereocenters. The number of rotatable bonds is 18. The second-order valence-electron chi connectivity index (χ2n) is 11.9. The van der Waals surface area contributed by atoms with E-state index in [1.807, 2.05) is 32.1 Å². The molecule has 12 heteroatoms. The van der Waals surface area contributed by atoms with Crippen molar-refractivity contribution in [3.05, 3.63) is 47.1 Å². The van der Waals surface area contributed by atoms with Crippen LogP contribution in [-0.2, 0) is 23.9 Å². The highest BCUT2D eigenvalue weighted by atomic mass is 79.9. The standard InChI is InChI=1S/C24H39N3O6.C9H10BrNO.C2H6/c1-4-5-6-21(22(30)25-2)26(3)23(31)19(8-10-28)7-9-27-17-24(18-27)15-20(16-24)33-14-13-32-12-11-29;10-7-4-5-9(11-6-7)12-8-2-1-3-8;1-2/h4,7,10,20-21,29H,1,5-6,8-9,11-18H2,2-3H3,(H,25,30);4-6,8H,1-3H2;1-2H3/b19-7+;;. The summed E-state index contributed by atoms with van der Waals surface area (Å²) in [6, 6.07) is 3.23. The van der Waals surface area contributed by atoms with Gasteiger partial charge in [-0.2, -0.15) is 0 Å². The smallest absolute Gasteiger partial charge is 0.250 e. The molecule has 264 valence electrons. The van der Waals surface area contributed by atoms with Crippen LogP contribution in [0.25, 0.3) is 0 Å². The second kappa shape index (κ2) is 22.1. The number of aliphatic hydroxyl groups is 1. The van der Waals surface area contributed by atoms with E-state index in [4.69, 9.17) is 19.3 Å². The van der Waals surface area contributed by atoms with E-state index in [-0.39, 0.29) is 30.9 Å². The molecule has 0 radical (unpaired) electrons. The van der Waals surface area contributed by atoms with E-state index < -0.39 is 6.04 Å². The van der Waals surface area contributed by atoms with Crippen molar-refractivity contribution < 1.29 is 33.7 Å². The molecular formula is C35H55BrN4O7. The van der Waals surface area contributed by atoms with Crippen LogP contribution in [0.4, 0.5) is 0 Å². The van der Waals surface area contributed by atoms with Gasteiger partial charge in [-0.05, 0) is 66.9 Å². The molecule has 1 aromatic rings. The van der Waals surface area contributed by atoms with Gasteiger partial charge < -0.3 is 34.3 Å². The van der Waals surface area contributed by atoms with Crippen molar-refractivity contribution in [3.63, 3.8) is 0 Å². The first kappa shape index (κ1) is 40.5. The minimum absolute atomic E-state index is 0.0250. The Balaban J connectivity index is 0.000000452. The van der Waals surface area contributed by atoms with Crippen molar-refractivity contribution in [1.82, 2.24) is 20.1 Å². The number of nitrogens with zero attached hydrogens (tertiary/aromatic N) is 3. The zero-order valence-corrected chi connectivity index (χ0v) is 30.2. The molecule has 0 aromatic carbocycles. The third kappa shape index (κ3) is 13.4. The van der Waals surface area contributed by atoms with E-state index in [0.717, 1.165) is 42.6 Å². The van der Waals surface area contributed by atoms with E-state index in [1.165, 1.54) is 24.2 Å². The molecule has 2 N–H and O–H groups in total. The molecule has 2 heterocycles. The number of pyridine rings is 1. The summed E-state index contributed by atoms with van der Waals surface area (Å²) < 4.78 is 17.6. The van der Waals surface area contributed by atoms with Crippen molar-refractivity contribution in [2.45, 2.75) is 83.5 Å². The molecule has 1 aromatic heterocycles. The first-order chi connectivity index (χ1) is 22.7. The lowest BCUT2D eigenvalue weighted by atomic mass is 9.62. The number of aldehydes is 1. The Hall–Kier alpha value is -2.64. The van der Waals surface area contributed by atoms with Crippen molar-refractivity contribution in [2.24, 2.45) is 5.41 Å². The van der Waals surface area contributed by atoms with E-state index in [0.29, 0.717) is 56.3 Å². The summed E-state index contributed by atoms with van der Waals surface area (Å²) >= 11 is 3.32. The molecule has 47 heavy (non-hydrogen) atoms. The highest BCUT2D eigenvalue weighted by Crippen LogP contribution is 2.49. The SMILES string of the molecule is Brc1ccc(OC2CCC2)nc1.C=CCCC(C(=O)NC)N(C)C(=O)/C(=C/CN1CC2(CC(OCCOCCO)C2)C1)CC=O.CC. The highest BCUT2D eigenvalue weighted by Gasteiger charge is 2.52. The topological polar surface area (TPSA) is 131 Å². The molecule has 3 fully saturated rings. The number of carbonyl (C=O) groups excluding carboxylic acids is 3. The first-order valence-corrected chi connectivity index (χ1v) is 17.6. The van der Waals surface area contributed by atoms with E-state index in [2.05, 4.69) is 37.7 Å². The average Bonchev–Trinajstić information content (AvgIpc) is 3.03. The molecule has 3 aliphatic rings. The van der Waals surface area contributed by atoms with Gasteiger partial charge in [0.1, 0.15) is 18.4 Å². The lowest BCUT2D eigenvalue weighted by Gasteiger charge is -2.58. The highest BCUT2D eigenvalue weighted by molar-refractivity contribution is 9.10. The fourth-order valence-electron chi connectivity index (χ4n) is 5.74. The number of nitrogens with one attached hydrogen (secondary N) is 1. The lowest BCUT2D eigenvalue weighted by molar-refractivity contribution is -0.153. The number of aliphatic hydroxyl groups excluding tert-OH is 1. The second-order valence-corrected chi connectivity index (χ2v) is 12.8. The van der Waals surface area contributed by atoms with Crippen molar-refractivity contribution in [2.75, 3.05) is 60.2 Å². The predicted octanol–water partition coefficient (Wildman–Crippen LogP) is 4.33. The van der Waals surface area contributed by atoms with Crippen LogP contribution in [0.2, 0.25) is 0 Å². The number of amides is 2. The van der Waals surface area contributed by atoms with Crippen LogP contribution >= 0.6 is 15.9 Å². The maximum atomic E-state index is 13.0. The summed E-state index contributed by atoms with van der Waals surface area (Å²) in [6.45, 7) is 11.6. The van der Waals surface area contributed by atoms with Gasteiger partial charge in [-0.3, -0.25) is 14.5 Å². The van der Waals surface area contributed by atoms with E-state index >= 15 is 0 Å². The monoisotopic (exact) mass is 722 g/mol. The molecule has 2 saturated carbocycles. The van der Waals surface area contributed by atoms with Gasteiger partial charge in [0, 0.05) is 67.9 Å². The number of ether oxygens (including phenoxy) is 3. The zero-order valence-electron chi connectivity index (χ0n) is 28.6. The third-order valence-corrected chi connectivity index (χ3v) is 8.92. The Morgan fingerprint density at radius 1 is 1.21 bits per heavy atom. The molecule has 1 spiro atoms. The number of hydrogen-bond acceptors (Lipinski definition) is 9. The van der Waals surface area contributed by atoms with Gasteiger partial charge in [0.25, 0.3) is 0 Å². The fraction of sp³-hybridized carbons (Fsp3) is 0.657. The Morgan fingerprint density at radius 3 is 2.49 bits per heavy atom. The van der Waals surface area contributed by atoms with E-state index in [1.54, 1.807) is 26.4 Å². The summed E-state index contributed by atoms with van der Waals surface area (Å²) in [6.07, 6.45) is 13.5. The molecular weight excluding hydrogens is 668 g/mol. The van der Waals surface area contributed by atoms with Gasteiger partial charge in [-0.25, -0.2) is 4.98 Å². The molecule has 1 aliphatic heterocycles. The summed E-state index contributed by atoms with van der Waals surface area (Å²) in [7, 11) is 3.15. The number of carbonyl (C=O) groups is 3. The number of likely N-dealkylation sites (N-methyl/N-ethyl adjacent to an activating group) is 2. The molecule has 2 aliphatic carbocycles. The number of hydrogen-bond donors (Lipinski definition) is 2. The van der Waals surface area contributed by atoms with Gasteiger partial charge >= 0.3 is 0 Å². The number of halogens is 1. The first-order valence-electron chi connectivity index (χ1n) is 16.8. The van der Waals surface area contributed by atoms with Crippen molar-refractivity contribution >= 4 is 34.0 Å². The maximum absolute atomic E-state index is 13.0. The maximum Gasteiger partial charge on any atom is 0.250 e. The van der Waals surface area contributed by atoms with Crippen LogP contribution in [0.5, 0.6) is 5.88 Å². The van der Waals surface area contributed by atoms with Crippen LogP contribution in [0, 0.1) is 5.41 Å². The van der Waals surface area contributed by atoms with E-state index in [9.17, 15) is 14.4 Å². The lowest BCUT2D eigenvalue weighted by Crippen LogP contribution is -2.64. The van der Waals surface area contributed by atoms with Crippen LogP contribution < -0.4 is 10.1 Å². The zero-order chi connectivity index (χ0) is 34.7. The minimum atomic E-state index is -0.608. The molecule has 11 nitrogen and oxygen atoms in total. The Morgan fingerprint density at radius 2 is 1.94 bits per heavy atom.